The Morgan fingerprint density at radius 1 is 1.32 bits per heavy atom. The fourth-order valence-corrected chi connectivity index (χ4v) is 2.25. The molecule has 2 aromatic rings. The van der Waals surface area contributed by atoms with Crippen LogP contribution in [-0.4, -0.2) is 24.3 Å². The summed E-state index contributed by atoms with van der Waals surface area (Å²) >= 11 is 11.6. The van der Waals surface area contributed by atoms with Gasteiger partial charge in [-0.1, -0.05) is 35.3 Å². The number of benzene rings is 2. The number of halogens is 2. The van der Waals surface area contributed by atoms with E-state index in [-0.39, 0.29) is 16.3 Å². The van der Waals surface area contributed by atoms with E-state index < -0.39 is 5.91 Å². The number of methoxy groups -OCH3 is 1. The average molecular weight is 339 g/mol. The van der Waals surface area contributed by atoms with Gasteiger partial charge in [0.05, 0.1) is 23.9 Å². The third-order valence-corrected chi connectivity index (χ3v) is 3.29. The molecule has 5 nitrogen and oxygen atoms in total. The minimum absolute atomic E-state index is 0.102. The summed E-state index contributed by atoms with van der Waals surface area (Å²) in [5.74, 6) is -0.175. The van der Waals surface area contributed by atoms with Crippen molar-refractivity contribution in [3.8, 4) is 11.5 Å². The van der Waals surface area contributed by atoms with E-state index in [0.717, 1.165) is 0 Å². The van der Waals surface area contributed by atoms with E-state index in [4.69, 9.17) is 27.9 Å². The molecule has 0 fully saturated rings. The maximum Gasteiger partial charge on any atom is 0.275 e. The molecule has 0 saturated heterocycles. The van der Waals surface area contributed by atoms with Crippen molar-refractivity contribution in [2.75, 3.05) is 7.11 Å². The van der Waals surface area contributed by atoms with Crippen LogP contribution < -0.4 is 10.2 Å². The smallest absolute Gasteiger partial charge is 0.275 e. The maximum absolute atomic E-state index is 12.0. The van der Waals surface area contributed by atoms with Gasteiger partial charge in [-0.2, -0.15) is 5.10 Å². The minimum Gasteiger partial charge on any atom is -0.506 e. The Hall–Kier alpha value is -2.24. The summed E-state index contributed by atoms with van der Waals surface area (Å²) in [6.07, 6.45) is 1.25. The second kappa shape index (κ2) is 7.15. The Kier molecular flexibility index (Phi) is 5.25. The number of para-hydroxylation sites is 1. The van der Waals surface area contributed by atoms with Gasteiger partial charge >= 0.3 is 0 Å². The Bertz CT molecular complexity index is 733. The summed E-state index contributed by atoms with van der Waals surface area (Å²) in [6, 6.07) is 9.62. The first kappa shape index (κ1) is 16.1. The zero-order valence-corrected chi connectivity index (χ0v) is 13.0. The van der Waals surface area contributed by atoms with Crippen molar-refractivity contribution in [3.63, 3.8) is 0 Å². The lowest BCUT2D eigenvalue weighted by Gasteiger charge is -2.06. The van der Waals surface area contributed by atoms with Gasteiger partial charge in [-0.3, -0.25) is 4.79 Å². The van der Waals surface area contributed by atoms with Crippen molar-refractivity contribution in [3.05, 3.63) is 57.6 Å². The van der Waals surface area contributed by atoms with E-state index in [1.807, 2.05) is 0 Å². The molecule has 2 aromatic carbocycles. The molecule has 0 radical (unpaired) electrons. The van der Waals surface area contributed by atoms with Gasteiger partial charge in [0.25, 0.3) is 5.91 Å². The summed E-state index contributed by atoms with van der Waals surface area (Å²) in [7, 11) is 1.47. The molecule has 0 aliphatic rings. The molecule has 0 aromatic heterocycles. The Morgan fingerprint density at radius 3 is 2.77 bits per heavy atom. The SMILES string of the molecule is COc1ccccc1C(=O)N/N=C/c1cc(Cl)cc(Cl)c1O. The zero-order valence-electron chi connectivity index (χ0n) is 11.5. The topological polar surface area (TPSA) is 70.9 Å². The molecule has 0 saturated carbocycles. The quantitative estimate of drug-likeness (QED) is 0.662. The number of carbonyl (C=O) groups excluding carboxylic acids is 1. The first-order chi connectivity index (χ1) is 10.5. The molecule has 0 unspecified atom stereocenters. The number of phenols is 1. The van der Waals surface area contributed by atoms with Crippen molar-refractivity contribution < 1.29 is 14.6 Å². The molecule has 0 aliphatic carbocycles. The summed E-state index contributed by atoms with van der Waals surface area (Å²) in [4.78, 5) is 12.0. The van der Waals surface area contributed by atoms with Crippen molar-refractivity contribution in [1.82, 2.24) is 5.43 Å². The van der Waals surface area contributed by atoms with Gasteiger partial charge in [0.15, 0.2) is 0 Å². The number of nitrogens with zero attached hydrogens (tertiary/aromatic N) is 1. The van der Waals surface area contributed by atoms with Crippen LogP contribution in [0.25, 0.3) is 0 Å². The lowest BCUT2D eigenvalue weighted by atomic mass is 10.2. The molecule has 2 N–H and O–H groups in total. The van der Waals surface area contributed by atoms with Gasteiger partial charge in [0, 0.05) is 10.6 Å². The molecule has 0 spiro atoms. The number of hydrogen-bond donors (Lipinski definition) is 2. The molecular weight excluding hydrogens is 327 g/mol. The van der Waals surface area contributed by atoms with Gasteiger partial charge in [0.1, 0.15) is 11.5 Å². The summed E-state index contributed by atoms with van der Waals surface area (Å²) in [5.41, 5.74) is 2.97. The van der Waals surface area contributed by atoms with Crippen LogP contribution in [-0.2, 0) is 0 Å². The molecule has 0 atom stereocenters. The Balaban J connectivity index is 2.14. The van der Waals surface area contributed by atoms with E-state index >= 15 is 0 Å². The predicted octanol–water partition coefficient (Wildman–Crippen LogP) is 3.47. The van der Waals surface area contributed by atoms with E-state index in [1.54, 1.807) is 24.3 Å². The number of hydrazone groups is 1. The van der Waals surface area contributed by atoms with Gasteiger partial charge in [-0.25, -0.2) is 5.43 Å². The van der Waals surface area contributed by atoms with Crippen LogP contribution in [0.4, 0.5) is 0 Å². The first-order valence-corrected chi connectivity index (χ1v) is 6.93. The molecule has 7 heteroatoms. The maximum atomic E-state index is 12.0. The number of ether oxygens (including phenoxy) is 1. The molecule has 0 bridgehead atoms. The predicted molar refractivity (Wildman–Crippen MR) is 86.2 cm³/mol. The number of rotatable bonds is 4. The summed E-state index contributed by atoms with van der Waals surface area (Å²) < 4.78 is 5.09. The van der Waals surface area contributed by atoms with Crippen LogP contribution in [0.3, 0.4) is 0 Å². The monoisotopic (exact) mass is 338 g/mol. The van der Waals surface area contributed by atoms with Crippen LogP contribution >= 0.6 is 23.2 Å². The lowest BCUT2D eigenvalue weighted by Crippen LogP contribution is -2.18. The number of amides is 1. The second-order valence-corrected chi connectivity index (χ2v) is 5.07. The molecular formula is C15H12Cl2N2O3. The second-order valence-electron chi connectivity index (χ2n) is 4.22. The van der Waals surface area contributed by atoms with Crippen LogP contribution in [0.5, 0.6) is 11.5 Å². The third-order valence-electron chi connectivity index (χ3n) is 2.78. The highest BCUT2D eigenvalue weighted by molar-refractivity contribution is 6.36. The minimum atomic E-state index is -0.443. The van der Waals surface area contributed by atoms with Crippen molar-refractivity contribution in [2.45, 2.75) is 0 Å². The van der Waals surface area contributed by atoms with Gasteiger partial charge in [-0.05, 0) is 24.3 Å². The average Bonchev–Trinajstić information content (AvgIpc) is 2.51. The molecule has 114 valence electrons. The standard InChI is InChI=1S/C15H12Cl2N2O3/c1-22-13-5-3-2-4-11(13)15(21)19-18-8-9-6-10(16)7-12(17)14(9)20/h2-8,20H,1H3,(H,19,21)/b18-8+. The lowest BCUT2D eigenvalue weighted by molar-refractivity contribution is 0.0952. The fraction of sp³-hybridized carbons (Fsp3) is 0.0667. The highest BCUT2D eigenvalue weighted by atomic mass is 35.5. The summed E-state index contributed by atoms with van der Waals surface area (Å²) in [5, 5.41) is 14.0. The molecule has 0 aliphatic heterocycles. The number of hydrogen-bond acceptors (Lipinski definition) is 4. The zero-order chi connectivity index (χ0) is 16.1. The van der Waals surface area contributed by atoms with Crippen LogP contribution in [0.15, 0.2) is 41.5 Å². The summed E-state index contributed by atoms with van der Waals surface area (Å²) in [6.45, 7) is 0. The molecule has 22 heavy (non-hydrogen) atoms. The highest BCUT2D eigenvalue weighted by Gasteiger charge is 2.10. The van der Waals surface area contributed by atoms with Crippen molar-refractivity contribution >= 4 is 35.3 Å². The third kappa shape index (κ3) is 3.69. The van der Waals surface area contributed by atoms with E-state index in [2.05, 4.69) is 10.5 Å². The number of nitrogens with one attached hydrogen (secondary N) is 1. The van der Waals surface area contributed by atoms with Crippen LogP contribution in [0, 0.1) is 0 Å². The van der Waals surface area contributed by atoms with E-state index in [1.165, 1.54) is 25.5 Å². The number of carbonyl (C=O) groups is 1. The van der Waals surface area contributed by atoms with E-state index in [0.29, 0.717) is 16.3 Å². The Morgan fingerprint density at radius 2 is 2.05 bits per heavy atom. The van der Waals surface area contributed by atoms with Gasteiger partial charge < -0.3 is 9.84 Å². The van der Waals surface area contributed by atoms with E-state index in [9.17, 15) is 9.90 Å². The van der Waals surface area contributed by atoms with Crippen LogP contribution in [0.1, 0.15) is 15.9 Å². The number of aromatic hydroxyl groups is 1. The van der Waals surface area contributed by atoms with Crippen molar-refractivity contribution in [2.24, 2.45) is 5.10 Å². The molecule has 2 rings (SSSR count). The molecule has 1 amide bonds. The first-order valence-electron chi connectivity index (χ1n) is 6.17. The molecule has 0 heterocycles. The normalized spacial score (nSPS) is 10.7. The largest absolute Gasteiger partial charge is 0.506 e. The van der Waals surface area contributed by atoms with Crippen molar-refractivity contribution in [1.29, 1.82) is 0 Å². The Labute approximate surface area is 137 Å². The van der Waals surface area contributed by atoms with Gasteiger partial charge in [0.2, 0.25) is 0 Å². The number of phenolic OH excluding ortho intramolecular Hbond substituents is 1. The highest BCUT2D eigenvalue weighted by Crippen LogP contribution is 2.29. The van der Waals surface area contributed by atoms with Gasteiger partial charge in [-0.15, -0.1) is 0 Å². The fourth-order valence-electron chi connectivity index (χ4n) is 1.74. The van der Waals surface area contributed by atoms with Crippen LogP contribution in [0.2, 0.25) is 10.0 Å².